The number of ether oxygens (including phenoxy) is 6. The van der Waals surface area contributed by atoms with Gasteiger partial charge in [-0.05, 0) is 62.2 Å². The predicted octanol–water partition coefficient (Wildman–Crippen LogP) is 3.79. The molecule has 0 saturated carbocycles. The molecule has 0 spiro atoms. The fourth-order valence-electron chi connectivity index (χ4n) is 4.93. The van der Waals surface area contributed by atoms with Crippen LogP contribution in [0.4, 0.5) is 0 Å². The number of hydrogen-bond donors (Lipinski definition) is 1. The van der Waals surface area contributed by atoms with Crippen LogP contribution in [0.15, 0.2) is 52.6 Å². The number of allylic oxidation sites excluding steroid dienone is 1. The third kappa shape index (κ3) is 5.85. The monoisotopic (exact) mass is 596 g/mol. The topological polar surface area (TPSA) is 122 Å². The minimum Gasteiger partial charge on any atom is -0.493 e. The van der Waals surface area contributed by atoms with E-state index in [0.717, 1.165) is 5.56 Å². The molecule has 0 unspecified atom stereocenters. The standard InChI is InChI=1S/C30H32N2O9S/c1-5-37-25(33)16-41-20-10-8-19(15-22(20)36-4)27-26(29(35)38-6-2)17(3)31-30-32(27)28(34)24(42-30)14-18-7-9-21-23(13-18)40-12-11-39-21/h7-10,13-15,27,30-31H,5-6,11-12,16H2,1-4H3/b24-14-/t27-,30+/m0/s1. The summed E-state index contributed by atoms with van der Waals surface area (Å²) in [6.45, 7) is 6.30. The number of esters is 2. The molecule has 42 heavy (non-hydrogen) atoms. The van der Waals surface area contributed by atoms with Gasteiger partial charge in [-0.25, -0.2) is 9.59 Å². The number of carbonyl (C=O) groups excluding carboxylic acids is 3. The molecule has 1 amide bonds. The van der Waals surface area contributed by atoms with Crippen molar-refractivity contribution >= 4 is 35.7 Å². The number of methoxy groups -OCH3 is 1. The van der Waals surface area contributed by atoms with E-state index >= 15 is 0 Å². The third-order valence-electron chi connectivity index (χ3n) is 6.75. The lowest BCUT2D eigenvalue weighted by Crippen LogP contribution is -2.50. The zero-order valence-electron chi connectivity index (χ0n) is 23.8. The number of carbonyl (C=O) groups is 3. The SMILES string of the molecule is CCOC(=O)COc1ccc([C@H]2C(C(=O)OCC)=C(C)N[C@H]3S/C(=C\c4ccc5c(c4)OCCO5)C(=O)N23)cc1OC. The molecule has 0 aliphatic carbocycles. The van der Waals surface area contributed by atoms with E-state index in [1.165, 1.54) is 18.9 Å². The van der Waals surface area contributed by atoms with Gasteiger partial charge in [0.05, 0.1) is 36.8 Å². The number of hydrogen-bond acceptors (Lipinski definition) is 11. The van der Waals surface area contributed by atoms with Crippen molar-refractivity contribution in [2.24, 2.45) is 0 Å². The van der Waals surface area contributed by atoms with Gasteiger partial charge in [0.1, 0.15) is 13.2 Å². The Labute approximate surface area is 247 Å². The van der Waals surface area contributed by atoms with Crippen molar-refractivity contribution < 1.29 is 42.8 Å². The Hall–Kier alpha value is -4.32. The average Bonchev–Trinajstić information content (AvgIpc) is 3.29. The molecule has 3 aliphatic heterocycles. The summed E-state index contributed by atoms with van der Waals surface area (Å²) in [5.41, 5.74) is 1.83. The highest BCUT2D eigenvalue weighted by Gasteiger charge is 2.48. The summed E-state index contributed by atoms with van der Waals surface area (Å²) in [5.74, 6) is 0.640. The normalized spacial score (nSPS) is 20.1. The Kier molecular flexibility index (Phi) is 8.81. The molecule has 1 saturated heterocycles. The fraction of sp³-hybridized carbons (Fsp3) is 0.367. The van der Waals surface area contributed by atoms with E-state index in [9.17, 15) is 14.4 Å². The van der Waals surface area contributed by atoms with E-state index in [1.54, 1.807) is 49.9 Å². The zero-order valence-corrected chi connectivity index (χ0v) is 24.6. The van der Waals surface area contributed by atoms with Gasteiger partial charge in [0, 0.05) is 5.70 Å². The zero-order chi connectivity index (χ0) is 29.8. The van der Waals surface area contributed by atoms with E-state index in [1.807, 2.05) is 18.2 Å². The summed E-state index contributed by atoms with van der Waals surface area (Å²) in [5, 5.41) is 3.30. The first-order valence-corrected chi connectivity index (χ1v) is 14.4. The molecule has 1 fully saturated rings. The van der Waals surface area contributed by atoms with Gasteiger partial charge in [-0.15, -0.1) is 0 Å². The van der Waals surface area contributed by atoms with Gasteiger partial charge >= 0.3 is 11.9 Å². The summed E-state index contributed by atoms with van der Waals surface area (Å²) < 4.78 is 32.8. The van der Waals surface area contributed by atoms with Gasteiger partial charge in [0.2, 0.25) is 0 Å². The lowest BCUT2D eigenvalue weighted by molar-refractivity contribution is -0.145. The van der Waals surface area contributed by atoms with E-state index in [0.29, 0.717) is 58.0 Å². The molecule has 2 atom stereocenters. The quantitative estimate of drug-likeness (QED) is 0.336. The molecule has 2 aromatic rings. The first-order chi connectivity index (χ1) is 20.3. The van der Waals surface area contributed by atoms with Gasteiger partial charge < -0.3 is 33.7 Å². The molecule has 3 aliphatic rings. The van der Waals surface area contributed by atoms with Crippen LogP contribution >= 0.6 is 11.8 Å². The van der Waals surface area contributed by atoms with Gasteiger partial charge in [-0.1, -0.05) is 23.9 Å². The van der Waals surface area contributed by atoms with Crippen LogP contribution in [0.5, 0.6) is 23.0 Å². The summed E-state index contributed by atoms with van der Waals surface area (Å²) in [7, 11) is 1.47. The number of nitrogens with one attached hydrogen (secondary N) is 1. The van der Waals surface area contributed by atoms with E-state index in [2.05, 4.69) is 5.32 Å². The second-order valence-electron chi connectivity index (χ2n) is 9.40. The van der Waals surface area contributed by atoms with Crippen LogP contribution < -0.4 is 24.3 Å². The fourth-order valence-corrected chi connectivity index (χ4v) is 6.15. The smallest absolute Gasteiger partial charge is 0.344 e. The minimum atomic E-state index is -0.783. The number of fused-ring (bicyclic) bond motifs is 2. The molecule has 222 valence electrons. The van der Waals surface area contributed by atoms with Crippen molar-refractivity contribution in [2.75, 3.05) is 40.1 Å². The molecule has 0 aromatic heterocycles. The first-order valence-electron chi connectivity index (χ1n) is 13.6. The number of thioether (sulfide) groups is 1. The van der Waals surface area contributed by atoms with Crippen LogP contribution in [-0.2, 0) is 23.9 Å². The van der Waals surface area contributed by atoms with Crippen LogP contribution in [0.1, 0.15) is 37.9 Å². The summed E-state index contributed by atoms with van der Waals surface area (Å²) in [6.07, 6.45) is 1.80. The van der Waals surface area contributed by atoms with Crippen molar-refractivity contribution in [1.29, 1.82) is 0 Å². The van der Waals surface area contributed by atoms with Crippen LogP contribution in [0.2, 0.25) is 0 Å². The molecule has 0 bridgehead atoms. The van der Waals surface area contributed by atoms with Crippen molar-refractivity contribution in [1.82, 2.24) is 10.2 Å². The van der Waals surface area contributed by atoms with Crippen LogP contribution in [0.25, 0.3) is 6.08 Å². The van der Waals surface area contributed by atoms with Crippen molar-refractivity contribution in [3.63, 3.8) is 0 Å². The summed E-state index contributed by atoms with van der Waals surface area (Å²) in [6, 6.07) is 9.82. The van der Waals surface area contributed by atoms with E-state index in [4.69, 9.17) is 28.4 Å². The number of amides is 1. The van der Waals surface area contributed by atoms with Crippen LogP contribution in [-0.4, -0.2) is 68.4 Å². The molecule has 5 rings (SSSR count). The third-order valence-corrected chi connectivity index (χ3v) is 7.86. The maximum Gasteiger partial charge on any atom is 0.344 e. The molecule has 3 heterocycles. The van der Waals surface area contributed by atoms with Crippen molar-refractivity contribution in [3.05, 3.63) is 63.7 Å². The molecule has 1 N–H and O–H groups in total. The van der Waals surface area contributed by atoms with Crippen LogP contribution in [0, 0.1) is 0 Å². The predicted molar refractivity (Wildman–Crippen MR) is 154 cm³/mol. The highest BCUT2D eigenvalue weighted by molar-refractivity contribution is 8.05. The average molecular weight is 597 g/mol. The molecular weight excluding hydrogens is 564 g/mol. The second-order valence-corrected chi connectivity index (χ2v) is 10.5. The van der Waals surface area contributed by atoms with Gasteiger partial charge in [-0.2, -0.15) is 0 Å². The van der Waals surface area contributed by atoms with Gasteiger partial charge in [-0.3, -0.25) is 9.69 Å². The minimum absolute atomic E-state index is 0.174. The second kappa shape index (κ2) is 12.7. The number of nitrogens with zero attached hydrogens (tertiary/aromatic N) is 1. The lowest BCUT2D eigenvalue weighted by Gasteiger charge is -2.39. The maximum atomic E-state index is 14.0. The van der Waals surface area contributed by atoms with E-state index in [-0.39, 0.29) is 25.7 Å². The maximum absolute atomic E-state index is 14.0. The largest absolute Gasteiger partial charge is 0.493 e. The van der Waals surface area contributed by atoms with E-state index < -0.39 is 23.5 Å². The van der Waals surface area contributed by atoms with Gasteiger partial charge in [0.15, 0.2) is 35.1 Å². The Morgan fingerprint density at radius 1 is 1.05 bits per heavy atom. The number of benzene rings is 2. The van der Waals surface area contributed by atoms with Crippen molar-refractivity contribution in [2.45, 2.75) is 32.3 Å². The Balaban J connectivity index is 1.50. The van der Waals surface area contributed by atoms with Crippen molar-refractivity contribution in [3.8, 4) is 23.0 Å². The van der Waals surface area contributed by atoms with Crippen LogP contribution in [0.3, 0.4) is 0 Å². The summed E-state index contributed by atoms with van der Waals surface area (Å²) >= 11 is 1.35. The summed E-state index contributed by atoms with van der Waals surface area (Å²) in [4.78, 5) is 41.2. The Bertz CT molecular complexity index is 1450. The molecule has 12 heteroatoms. The highest BCUT2D eigenvalue weighted by atomic mass is 32.2. The molecular formula is C30H32N2O9S. The highest BCUT2D eigenvalue weighted by Crippen LogP contribution is 2.48. The Morgan fingerprint density at radius 2 is 1.81 bits per heavy atom. The molecule has 0 radical (unpaired) electrons. The van der Waals surface area contributed by atoms with Gasteiger partial charge in [0.25, 0.3) is 5.91 Å². The molecule has 11 nitrogen and oxygen atoms in total. The molecule has 2 aromatic carbocycles. The number of rotatable bonds is 9. The first kappa shape index (κ1) is 29.2. The lowest BCUT2D eigenvalue weighted by atomic mass is 9.93. The Morgan fingerprint density at radius 3 is 2.55 bits per heavy atom.